The van der Waals surface area contributed by atoms with Crippen molar-refractivity contribution < 1.29 is 9.21 Å². The highest BCUT2D eigenvalue weighted by Gasteiger charge is 2.20. The molecule has 0 radical (unpaired) electrons. The molecule has 1 aromatic heterocycles. The fourth-order valence-electron chi connectivity index (χ4n) is 1.88. The monoisotopic (exact) mass is 223 g/mol. The zero-order valence-electron chi connectivity index (χ0n) is 9.45. The molecule has 1 atom stereocenters. The molecule has 1 saturated heterocycles. The molecule has 1 unspecified atom stereocenters. The zero-order valence-corrected chi connectivity index (χ0v) is 9.45. The molecule has 0 aromatic carbocycles. The van der Waals surface area contributed by atoms with Crippen LogP contribution in [-0.2, 0) is 11.3 Å². The van der Waals surface area contributed by atoms with Crippen LogP contribution >= 0.6 is 0 Å². The quantitative estimate of drug-likeness (QED) is 0.787. The van der Waals surface area contributed by atoms with Gasteiger partial charge in [0, 0.05) is 6.54 Å². The van der Waals surface area contributed by atoms with Crippen LogP contribution in [0.3, 0.4) is 0 Å². The number of aromatic nitrogens is 1. The van der Waals surface area contributed by atoms with Gasteiger partial charge in [0.05, 0.1) is 18.2 Å². The first-order chi connectivity index (χ1) is 7.77. The van der Waals surface area contributed by atoms with Crippen molar-refractivity contribution in [3.05, 3.63) is 17.8 Å². The second kappa shape index (κ2) is 5.12. The van der Waals surface area contributed by atoms with E-state index in [9.17, 15) is 4.79 Å². The minimum absolute atomic E-state index is 0.0944. The molecule has 88 valence electrons. The van der Waals surface area contributed by atoms with Crippen molar-refractivity contribution in [1.82, 2.24) is 15.6 Å². The molecule has 1 aliphatic heterocycles. The van der Waals surface area contributed by atoms with Crippen LogP contribution in [0.4, 0.5) is 0 Å². The molecule has 2 rings (SSSR count). The van der Waals surface area contributed by atoms with Gasteiger partial charge >= 0.3 is 0 Å². The molecule has 16 heavy (non-hydrogen) atoms. The van der Waals surface area contributed by atoms with E-state index in [4.69, 9.17) is 4.42 Å². The maximum atomic E-state index is 11.8. The predicted octanol–water partition coefficient (Wildman–Crippen LogP) is 0.599. The summed E-state index contributed by atoms with van der Waals surface area (Å²) in [7, 11) is 0. The molecule has 1 aromatic rings. The number of oxazole rings is 1. The van der Waals surface area contributed by atoms with Crippen LogP contribution < -0.4 is 10.6 Å². The lowest BCUT2D eigenvalue weighted by Crippen LogP contribution is -2.40. The van der Waals surface area contributed by atoms with E-state index >= 15 is 0 Å². The Morgan fingerprint density at radius 3 is 3.25 bits per heavy atom. The Morgan fingerprint density at radius 2 is 2.62 bits per heavy atom. The summed E-state index contributed by atoms with van der Waals surface area (Å²) in [5.41, 5.74) is 0.835. The van der Waals surface area contributed by atoms with E-state index in [1.165, 1.54) is 6.39 Å². The van der Waals surface area contributed by atoms with Gasteiger partial charge in [-0.3, -0.25) is 4.79 Å². The first kappa shape index (κ1) is 11.1. The Balaban J connectivity index is 1.81. The lowest BCUT2D eigenvalue weighted by molar-refractivity contribution is -0.125. The molecular weight excluding hydrogens is 206 g/mol. The van der Waals surface area contributed by atoms with E-state index < -0.39 is 0 Å². The summed E-state index contributed by atoms with van der Waals surface area (Å²) in [4.78, 5) is 15.8. The van der Waals surface area contributed by atoms with E-state index in [0.29, 0.717) is 6.54 Å². The third-order valence-corrected chi connectivity index (χ3v) is 2.94. The molecule has 0 saturated carbocycles. The standard InChI is InChI=1S/C11H17N3O2/c1-8-10(16-7-14-8)6-13-11(15)9-3-2-4-12-5-9/h7,9,12H,2-6H2,1H3,(H,13,15). The largest absolute Gasteiger partial charge is 0.446 e. The molecule has 0 bridgehead atoms. The van der Waals surface area contributed by atoms with Crippen LogP contribution in [0.5, 0.6) is 0 Å². The average molecular weight is 223 g/mol. The lowest BCUT2D eigenvalue weighted by atomic mass is 9.99. The fourth-order valence-corrected chi connectivity index (χ4v) is 1.88. The Kier molecular flexibility index (Phi) is 3.56. The van der Waals surface area contributed by atoms with Crippen molar-refractivity contribution >= 4 is 5.91 Å². The van der Waals surface area contributed by atoms with Crippen molar-refractivity contribution in [1.29, 1.82) is 0 Å². The van der Waals surface area contributed by atoms with Crippen LogP contribution in [0.15, 0.2) is 10.8 Å². The lowest BCUT2D eigenvalue weighted by Gasteiger charge is -2.21. The minimum atomic E-state index is 0.0944. The molecule has 5 heteroatoms. The number of amides is 1. The first-order valence-corrected chi connectivity index (χ1v) is 5.65. The van der Waals surface area contributed by atoms with Crippen LogP contribution in [0.25, 0.3) is 0 Å². The second-order valence-electron chi connectivity index (χ2n) is 4.12. The van der Waals surface area contributed by atoms with Gasteiger partial charge in [-0.15, -0.1) is 0 Å². The van der Waals surface area contributed by atoms with Crippen molar-refractivity contribution in [3.63, 3.8) is 0 Å². The number of rotatable bonds is 3. The van der Waals surface area contributed by atoms with Crippen LogP contribution in [-0.4, -0.2) is 24.0 Å². The van der Waals surface area contributed by atoms with Gasteiger partial charge in [0.2, 0.25) is 5.91 Å². The predicted molar refractivity (Wildman–Crippen MR) is 58.7 cm³/mol. The maximum absolute atomic E-state index is 11.8. The average Bonchev–Trinajstić information content (AvgIpc) is 2.73. The molecule has 1 fully saturated rings. The van der Waals surface area contributed by atoms with Gasteiger partial charge in [0.15, 0.2) is 6.39 Å². The molecule has 2 heterocycles. The number of hydrogen-bond acceptors (Lipinski definition) is 4. The summed E-state index contributed by atoms with van der Waals surface area (Å²) in [6.07, 6.45) is 3.44. The molecule has 1 aliphatic rings. The Morgan fingerprint density at radius 1 is 1.75 bits per heavy atom. The highest BCUT2D eigenvalue weighted by Crippen LogP contribution is 2.10. The van der Waals surface area contributed by atoms with E-state index in [0.717, 1.165) is 37.4 Å². The van der Waals surface area contributed by atoms with Crippen molar-refractivity contribution in [3.8, 4) is 0 Å². The number of carbonyl (C=O) groups excluding carboxylic acids is 1. The number of piperidine rings is 1. The third-order valence-electron chi connectivity index (χ3n) is 2.94. The summed E-state index contributed by atoms with van der Waals surface area (Å²) in [6.45, 7) is 4.10. The van der Waals surface area contributed by atoms with Gasteiger partial charge in [-0.05, 0) is 26.3 Å². The number of hydrogen-bond donors (Lipinski definition) is 2. The fraction of sp³-hybridized carbons (Fsp3) is 0.636. The van der Waals surface area contributed by atoms with Gasteiger partial charge < -0.3 is 15.1 Å². The van der Waals surface area contributed by atoms with E-state index in [1.807, 2.05) is 6.92 Å². The van der Waals surface area contributed by atoms with Crippen molar-refractivity contribution in [2.75, 3.05) is 13.1 Å². The SMILES string of the molecule is Cc1ncoc1CNC(=O)C1CCCNC1. The third kappa shape index (κ3) is 2.61. The van der Waals surface area contributed by atoms with Gasteiger partial charge in [-0.1, -0.05) is 0 Å². The van der Waals surface area contributed by atoms with Crippen molar-refractivity contribution in [2.45, 2.75) is 26.3 Å². The van der Waals surface area contributed by atoms with E-state index in [1.54, 1.807) is 0 Å². The molecule has 0 spiro atoms. The van der Waals surface area contributed by atoms with Gasteiger partial charge in [0.25, 0.3) is 0 Å². The first-order valence-electron chi connectivity index (χ1n) is 5.65. The highest BCUT2D eigenvalue weighted by atomic mass is 16.3. The zero-order chi connectivity index (χ0) is 11.4. The summed E-state index contributed by atoms with van der Waals surface area (Å²) in [5, 5.41) is 6.11. The van der Waals surface area contributed by atoms with E-state index in [-0.39, 0.29) is 11.8 Å². The number of carbonyl (C=O) groups is 1. The van der Waals surface area contributed by atoms with Gasteiger partial charge in [0.1, 0.15) is 5.76 Å². The summed E-state index contributed by atoms with van der Waals surface area (Å²) in [5.74, 6) is 0.928. The normalized spacial score (nSPS) is 20.7. The van der Waals surface area contributed by atoms with Crippen molar-refractivity contribution in [2.24, 2.45) is 5.92 Å². The minimum Gasteiger partial charge on any atom is -0.446 e. The number of nitrogens with zero attached hydrogens (tertiary/aromatic N) is 1. The summed E-state index contributed by atoms with van der Waals surface area (Å²) >= 11 is 0. The maximum Gasteiger partial charge on any atom is 0.224 e. The van der Waals surface area contributed by atoms with Gasteiger partial charge in [-0.25, -0.2) is 4.98 Å². The second-order valence-corrected chi connectivity index (χ2v) is 4.12. The summed E-state index contributed by atoms with van der Waals surface area (Å²) < 4.78 is 5.16. The number of nitrogens with one attached hydrogen (secondary N) is 2. The van der Waals surface area contributed by atoms with Gasteiger partial charge in [-0.2, -0.15) is 0 Å². The molecule has 1 amide bonds. The molecular formula is C11H17N3O2. The highest BCUT2D eigenvalue weighted by molar-refractivity contribution is 5.78. The Labute approximate surface area is 94.6 Å². The molecule has 5 nitrogen and oxygen atoms in total. The number of aryl methyl sites for hydroxylation is 1. The Hall–Kier alpha value is -1.36. The Bertz CT molecular complexity index is 356. The van der Waals surface area contributed by atoms with Crippen LogP contribution in [0, 0.1) is 12.8 Å². The van der Waals surface area contributed by atoms with Crippen LogP contribution in [0.2, 0.25) is 0 Å². The van der Waals surface area contributed by atoms with Crippen LogP contribution in [0.1, 0.15) is 24.3 Å². The molecule has 0 aliphatic carbocycles. The topological polar surface area (TPSA) is 67.2 Å². The smallest absolute Gasteiger partial charge is 0.224 e. The van der Waals surface area contributed by atoms with E-state index in [2.05, 4.69) is 15.6 Å². The molecule has 2 N–H and O–H groups in total. The summed E-state index contributed by atoms with van der Waals surface area (Å²) in [6, 6.07) is 0.